The van der Waals surface area contributed by atoms with E-state index in [9.17, 15) is 18.4 Å². The van der Waals surface area contributed by atoms with Crippen LogP contribution in [0, 0.1) is 0 Å². The Kier molecular flexibility index (Phi) is 7.59. The molecule has 1 heterocycles. The smallest absolute Gasteiger partial charge is 0.387 e. The Morgan fingerprint density at radius 3 is 2.61 bits per heavy atom. The maximum Gasteiger partial charge on any atom is 0.387 e. The molecule has 0 saturated carbocycles. The minimum absolute atomic E-state index is 0.0414. The fourth-order valence-corrected chi connectivity index (χ4v) is 3.31. The van der Waals surface area contributed by atoms with Crippen molar-refractivity contribution in [3.8, 4) is 11.5 Å². The third-order valence-electron chi connectivity index (χ3n) is 4.86. The highest BCUT2D eigenvalue weighted by Crippen LogP contribution is 2.29. The van der Waals surface area contributed by atoms with Crippen molar-refractivity contribution in [2.24, 2.45) is 0 Å². The predicted molar refractivity (Wildman–Crippen MR) is 113 cm³/mol. The molecule has 0 atom stereocenters. The van der Waals surface area contributed by atoms with Gasteiger partial charge in [-0.05, 0) is 54.3 Å². The highest BCUT2D eigenvalue weighted by Gasteiger charge is 2.21. The van der Waals surface area contributed by atoms with Crippen LogP contribution < -0.4 is 19.7 Å². The summed E-state index contributed by atoms with van der Waals surface area (Å²) in [6.07, 6.45) is 5.01. The number of amides is 2. The van der Waals surface area contributed by atoms with Gasteiger partial charge in [0.15, 0.2) is 11.5 Å². The van der Waals surface area contributed by atoms with Crippen molar-refractivity contribution < 1.29 is 27.8 Å². The van der Waals surface area contributed by atoms with Gasteiger partial charge >= 0.3 is 6.61 Å². The Hall–Kier alpha value is -3.42. The van der Waals surface area contributed by atoms with Crippen LogP contribution in [0.4, 0.5) is 14.5 Å². The molecule has 0 spiro atoms. The maximum absolute atomic E-state index is 12.5. The lowest BCUT2D eigenvalue weighted by atomic mass is 10.1. The van der Waals surface area contributed by atoms with Gasteiger partial charge in [0, 0.05) is 31.3 Å². The SMILES string of the molecule is COc1ccc(CCNC(=O)/C=C/c2ccc(N3CCCC3=O)cc2)cc1OC(F)F. The summed E-state index contributed by atoms with van der Waals surface area (Å²) in [4.78, 5) is 25.6. The zero-order chi connectivity index (χ0) is 22.2. The number of rotatable bonds is 9. The average molecular weight is 430 g/mol. The lowest BCUT2D eigenvalue weighted by molar-refractivity contribution is -0.117. The number of hydrogen-bond donors (Lipinski definition) is 1. The number of carbonyl (C=O) groups excluding carboxylic acids is 2. The Labute approximate surface area is 179 Å². The van der Waals surface area contributed by atoms with Crippen molar-refractivity contribution in [2.75, 3.05) is 25.1 Å². The molecular formula is C23H24F2N2O4. The van der Waals surface area contributed by atoms with E-state index in [4.69, 9.17) is 4.74 Å². The van der Waals surface area contributed by atoms with Crippen LogP contribution in [0.5, 0.6) is 11.5 Å². The van der Waals surface area contributed by atoms with Crippen molar-refractivity contribution in [3.05, 3.63) is 59.7 Å². The molecule has 1 N–H and O–H groups in total. The van der Waals surface area contributed by atoms with Crippen molar-refractivity contribution in [3.63, 3.8) is 0 Å². The van der Waals surface area contributed by atoms with Crippen LogP contribution in [-0.2, 0) is 16.0 Å². The number of halogens is 2. The average Bonchev–Trinajstić information content (AvgIpc) is 3.18. The van der Waals surface area contributed by atoms with Gasteiger partial charge in [-0.15, -0.1) is 0 Å². The molecule has 164 valence electrons. The molecule has 1 saturated heterocycles. The first-order valence-electron chi connectivity index (χ1n) is 9.94. The number of ether oxygens (including phenoxy) is 2. The van der Waals surface area contributed by atoms with Crippen LogP contribution in [0.1, 0.15) is 24.0 Å². The fraction of sp³-hybridized carbons (Fsp3) is 0.304. The highest BCUT2D eigenvalue weighted by atomic mass is 19.3. The molecule has 8 heteroatoms. The van der Waals surface area contributed by atoms with E-state index in [1.165, 1.54) is 19.3 Å². The second-order valence-electron chi connectivity index (χ2n) is 6.98. The summed E-state index contributed by atoms with van der Waals surface area (Å²) in [5.41, 5.74) is 2.43. The first kappa shape index (κ1) is 22.3. The predicted octanol–water partition coefficient (Wildman–Crippen LogP) is 3.80. The first-order chi connectivity index (χ1) is 15.0. The Bertz CT molecular complexity index is 945. The lowest BCUT2D eigenvalue weighted by Crippen LogP contribution is -2.23. The molecule has 0 unspecified atom stereocenters. The van der Waals surface area contributed by atoms with Crippen molar-refractivity contribution in [1.82, 2.24) is 5.32 Å². The number of hydrogen-bond acceptors (Lipinski definition) is 4. The normalized spacial score (nSPS) is 13.8. The Morgan fingerprint density at radius 1 is 1.19 bits per heavy atom. The number of anilines is 1. The van der Waals surface area contributed by atoms with Gasteiger partial charge in [-0.3, -0.25) is 9.59 Å². The molecule has 2 amide bonds. The number of nitrogens with zero attached hydrogens (tertiary/aromatic N) is 1. The molecule has 2 aromatic rings. The molecule has 0 aromatic heterocycles. The molecular weight excluding hydrogens is 406 g/mol. The van der Waals surface area contributed by atoms with E-state index < -0.39 is 6.61 Å². The molecule has 1 aliphatic heterocycles. The van der Waals surface area contributed by atoms with E-state index in [2.05, 4.69) is 10.1 Å². The lowest BCUT2D eigenvalue weighted by Gasteiger charge is -2.15. The van der Waals surface area contributed by atoms with Crippen molar-refractivity contribution in [1.29, 1.82) is 0 Å². The maximum atomic E-state index is 12.5. The monoisotopic (exact) mass is 430 g/mol. The number of nitrogens with one attached hydrogen (secondary N) is 1. The van der Waals surface area contributed by atoms with Crippen LogP contribution in [0.25, 0.3) is 6.08 Å². The van der Waals surface area contributed by atoms with Crippen molar-refractivity contribution >= 4 is 23.6 Å². The summed E-state index contributed by atoms with van der Waals surface area (Å²) >= 11 is 0. The molecule has 1 fully saturated rings. The molecule has 0 aliphatic carbocycles. The second-order valence-corrected chi connectivity index (χ2v) is 6.98. The quantitative estimate of drug-likeness (QED) is 0.615. The van der Waals surface area contributed by atoms with Crippen LogP contribution >= 0.6 is 0 Å². The molecule has 3 rings (SSSR count). The van der Waals surface area contributed by atoms with Gasteiger partial charge in [-0.2, -0.15) is 8.78 Å². The van der Waals surface area contributed by atoms with Gasteiger partial charge in [-0.25, -0.2) is 0 Å². The van der Waals surface area contributed by atoms with E-state index in [1.807, 2.05) is 24.3 Å². The van der Waals surface area contributed by atoms with Gasteiger partial charge in [0.25, 0.3) is 0 Å². The summed E-state index contributed by atoms with van der Waals surface area (Å²) < 4.78 is 34.5. The van der Waals surface area contributed by atoms with E-state index in [0.717, 1.165) is 29.8 Å². The zero-order valence-corrected chi connectivity index (χ0v) is 17.1. The van der Waals surface area contributed by atoms with Gasteiger partial charge in [0.05, 0.1) is 7.11 Å². The molecule has 2 aromatic carbocycles. The summed E-state index contributed by atoms with van der Waals surface area (Å²) in [5.74, 6) is 0.0419. The first-order valence-corrected chi connectivity index (χ1v) is 9.94. The van der Waals surface area contributed by atoms with Gasteiger partial charge in [0.1, 0.15) is 0 Å². The molecule has 1 aliphatic rings. The van der Waals surface area contributed by atoms with E-state index in [1.54, 1.807) is 23.1 Å². The molecule has 0 bridgehead atoms. The summed E-state index contributed by atoms with van der Waals surface area (Å²) in [5, 5.41) is 2.75. The van der Waals surface area contributed by atoms with Gasteiger partial charge < -0.3 is 19.7 Å². The van der Waals surface area contributed by atoms with E-state index in [0.29, 0.717) is 19.4 Å². The van der Waals surface area contributed by atoms with E-state index in [-0.39, 0.29) is 23.3 Å². The van der Waals surface area contributed by atoms with Crippen LogP contribution in [0.2, 0.25) is 0 Å². The number of carbonyl (C=O) groups is 2. The minimum Gasteiger partial charge on any atom is -0.493 e. The Morgan fingerprint density at radius 2 is 1.97 bits per heavy atom. The van der Waals surface area contributed by atoms with Crippen molar-refractivity contribution in [2.45, 2.75) is 25.9 Å². The summed E-state index contributed by atoms with van der Waals surface area (Å²) in [6.45, 7) is -1.88. The summed E-state index contributed by atoms with van der Waals surface area (Å²) in [7, 11) is 1.37. The molecule has 0 radical (unpaired) electrons. The number of benzene rings is 2. The fourth-order valence-electron chi connectivity index (χ4n) is 3.31. The highest BCUT2D eigenvalue weighted by molar-refractivity contribution is 5.95. The summed E-state index contributed by atoms with van der Waals surface area (Å²) in [6, 6.07) is 12.2. The van der Waals surface area contributed by atoms with Crippen LogP contribution in [0.3, 0.4) is 0 Å². The van der Waals surface area contributed by atoms with Crippen LogP contribution in [0.15, 0.2) is 48.5 Å². The topological polar surface area (TPSA) is 67.9 Å². The second kappa shape index (κ2) is 10.6. The van der Waals surface area contributed by atoms with Crippen LogP contribution in [-0.4, -0.2) is 38.6 Å². The molecule has 6 nitrogen and oxygen atoms in total. The number of methoxy groups -OCH3 is 1. The third kappa shape index (κ3) is 6.28. The third-order valence-corrected chi connectivity index (χ3v) is 4.86. The standard InChI is InChI=1S/C23H24F2N2O4/c1-30-19-10-6-17(15-20(19)31-23(24)25)12-13-26-21(28)11-7-16-4-8-18(9-5-16)27-14-2-3-22(27)29/h4-11,15,23H,2-3,12-14H2,1H3,(H,26,28)/b11-7+. The van der Waals surface area contributed by atoms with E-state index >= 15 is 0 Å². The van der Waals surface area contributed by atoms with Gasteiger partial charge in [0.2, 0.25) is 11.8 Å². The largest absolute Gasteiger partial charge is 0.493 e. The molecule has 31 heavy (non-hydrogen) atoms. The Balaban J connectivity index is 1.49. The minimum atomic E-state index is -2.95. The van der Waals surface area contributed by atoms with Gasteiger partial charge in [-0.1, -0.05) is 18.2 Å². The zero-order valence-electron chi connectivity index (χ0n) is 17.1. The number of alkyl halides is 2.